The van der Waals surface area contributed by atoms with Crippen molar-refractivity contribution in [2.75, 3.05) is 0 Å². The van der Waals surface area contributed by atoms with Crippen molar-refractivity contribution >= 4 is 41.1 Å². The zero-order valence-corrected chi connectivity index (χ0v) is 23.6. The molecule has 0 spiro atoms. The standard InChI is InChI=1S/C31H29NO4.Na/c1-21-17-18-23(20-28(21)36-35-22(2)33)19-26-15-9-10-16-27(26)31-32-29(24-11-5-3-6-12-24)30(34-31)25-13-7-4-8-14-25;/h3-8,11-14,16-18,20,26H,9-10,15,19H2,1-2H3;. The smallest absolute Gasteiger partial charge is 0.352 e. The van der Waals surface area contributed by atoms with E-state index in [4.69, 9.17) is 19.2 Å². The fraction of sp³-hybridized carbons (Fsp3) is 0.226. The van der Waals surface area contributed by atoms with Crippen molar-refractivity contribution in [3.8, 4) is 28.3 Å². The molecule has 5 nitrogen and oxygen atoms in total. The quantitative estimate of drug-likeness (QED) is 0.152. The third-order valence-corrected chi connectivity index (χ3v) is 6.50. The van der Waals surface area contributed by atoms with Crippen LogP contribution in [0.25, 0.3) is 28.2 Å². The zero-order chi connectivity index (χ0) is 24.9. The normalized spacial score (nSPS) is 14.9. The van der Waals surface area contributed by atoms with Crippen LogP contribution in [0.2, 0.25) is 0 Å². The van der Waals surface area contributed by atoms with Crippen molar-refractivity contribution in [1.29, 1.82) is 0 Å². The Morgan fingerprint density at radius 3 is 2.41 bits per heavy atom. The van der Waals surface area contributed by atoms with E-state index in [1.165, 1.54) is 6.92 Å². The molecule has 0 aliphatic heterocycles. The average molecular weight is 503 g/mol. The van der Waals surface area contributed by atoms with Gasteiger partial charge in [0.1, 0.15) is 5.69 Å². The van der Waals surface area contributed by atoms with E-state index in [9.17, 15) is 4.79 Å². The molecule has 1 heterocycles. The van der Waals surface area contributed by atoms with E-state index in [1.807, 2.05) is 55.5 Å². The first-order chi connectivity index (χ1) is 17.6. The van der Waals surface area contributed by atoms with Crippen molar-refractivity contribution in [3.05, 3.63) is 102 Å². The maximum Gasteiger partial charge on any atom is 0.352 e. The molecule has 0 fully saturated rings. The summed E-state index contributed by atoms with van der Waals surface area (Å²) in [5.74, 6) is 1.80. The summed E-state index contributed by atoms with van der Waals surface area (Å²) in [5, 5.41) is 0. The molecule has 5 rings (SSSR count). The summed E-state index contributed by atoms with van der Waals surface area (Å²) in [6.07, 6.45) is 6.25. The first-order valence-electron chi connectivity index (χ1n) is 12.3. The van der Waals surface area contributed by atoms with Crippen LogP contribution in [0.3, 0.4) is 0 Å². The van der Waals surface area contributed by atoms with E-state index < -0.39 is 5.97 Å². The van der Waals surface area contributed by atoms with Crippen LogP contribution in [0, 0.1) is 12.8 Å². The molecule has 1 aliphatic rings. The largest absolute Gasteiger partial charge is 0.436 e. The van der Waals surface area contributed by atoms with Gasteiger partial charge in [-0.15, -0.1) is 0 Å². The molecule has 0 bridgehead atoms. The Bertz CT molecular complexity index is 1320. The molecule has 1 radical (unpaired) electrons. The number of hydrogen-bond acceptors (Lipinski definition) is 5. The van der Waals surface area contributed by atoms with Gasteiger partial charge in [0.2, 0.25) is 5.89 Å². The average Bonchev–Trinajstić information content (AvgIpc) is 3.36. The van der Waals surface area contributed by atoms with Crippen molar-refractivity contribution < 1.29 is 19.0 Å². The Morgan fingerprint density at radius 2 is 1.70 bits per heavy atom. The van der Waals surface area contributed by atoms with Crippen LogP contribution in [0.15, 0.2) is 89.4 Å². The maximum atomic E-state index is 11.2. The van der Waals surface area contributed by atoms with Crippen LogP contribution < -0.4 is 4.89 Å². The van der Waals surface area contributed by atoms with Crippen LogP contribution in [0.4, 0.5) is 0 Å². The monoisotopic (exact) mass is 502 g/mol. The van der Waals surface area contributed by atoms with Gasteiger partial charge in [0, 0.05) is 53.2 Å². The summed E-state index contributed by atoms with van der Waals surface area (Å²) < 4.78 is 6.51. The summed E-state index contributed by atoms with van der Waals surface area (Å²) in [6, 6.07) is 26.4. The Balaban J connectivity index is 0.00000320. The van der Waals surface area contributed by atoms with Crippen LogP contribution in [-0.4, -0.2) is 40.5 Å². The predicted octanol–water partition coefficient (Wildman–Crippen LogP) is 7.22. The number of rotatable bonds is 7. The number of oxazole rings is 1. The number of benzene rings is 3. The van der Waals surface area contributed by atoms with Crippen LogP contribution >= 0.6 is 0 Å². The van der Waals surface area contributed by atoms with Gasteiger partial charge in [0.25, 0.3) is 0 Å². The number of aromatic nitrogens is 1. The molecular formula is C31H29NNaO4. The van der Waals surface area contributed by atoms with Gasteiger partial charge in [0.15, 0.2) is 11.5 Å². The van der Waals surface area contributed by atoms with Crippen LogP contribution in [0.1, 0.15) is 43.2 Å². The number of nitrogens with zero attached hydrogens (tertiary/aromatic N) is 1. The second-order valence-corrected chi connectivity index (χ2v) is 9.18. The minimum Gasteiger partial charge on any atom is -0.436 e. The first kappa shape index (κ1) is 26.9. The third-order valence-electron chi connectivity index (χ3n) is 6.50. The molecule has 4 aromatic rings. The first-order valence-corrected chi connectivity index (χ1v) is 12.3. The predicted molar refractivity (Wildman–Crippen MR) is 146 cm³/mol. The van der Waals surface area contributed by atoms with E-state index in [1.54, 1.807) is 0 Å². The van der Waals surface area contributed by atoms with Gasteiger partial charge in [0.05, 0.1) is 0 Å². The van der Waals surface area contributed by atoms with Crippen LogP contribution in [-0.2, 0) is 16.1 Å². The molecule has 1 unspecified atom stereocenters. The number of allylic oxidation sites excluding steroid dienone is 2. The van der Waals surface area contributed by atoms with E-state index in [0.717, 1.165) is 65.0 Å². The molecule has 0 saturated heterocycles. The van der Waals surface area contributed by atoms with Gasteiger partial charge >= 0.3 is 5.97 Å². The summed E-state index contributed by atoms with van der Waals surface area (Å²) in [4.78, 5) is 26.3. The summed E-state index contributed by atoms with van der Waals surface area (Å²) in [7, 11) is 0. The fourth-order valence-corrected chi connectivity index (χ4v) is 4.69. The molecule has 0 N–H and O–H groups in total. The van der Waals surface area contributed by atoms with Gasteiger partial charge in [-0.25, -0.2) is 9.78 Å². The number of hydrogen-bond donors (Lipinski definition) is 0. The molecule has 3 aromatic carbocycles. The minimum atomic E-state index is -0.482. The molecule has 37 heavy (non-hydrogen) atoms. The molecule has 1 aromatic heterocycles. The van der Waals surface area contributed by atoms with Gasteiger partial charge in [-0.05, 0) is 55.7 Å². The van der Waals surface area contributed by atoms with E-state index in [0.29, 0.717) is 11.6 Å². The van der Waals surface area contributed by atoms with Crippen molar-refractivity contribution in [2.24, 2.45) is 5.92 Å². The van der Waals surface area contributed by atoms with E-state index in [-0.39, 0.29) is 35.5 Å². The molecule has 6 heteroatoms. The second kappa shape index (κ2) is 12.4. The van der Waals surface area contributed by atoms with Gasteiger partial charge in [-0.1, -0.05) is 78.9 Å². The minimum absolute atomic E-state index is 0. The van der Waals surface area contributed by atoms with Crippen LogP contribution in [0.5, 0.6) is 5.75 Å². The second-order valence-electron chi connectivity index (χ2n) is 9.18. The van der Waals surface area contributed by atoms with Crippen molar-refractivity contribution in [2.45, 2.75) is 39.5 Å². The maximum absolute atomic E-state index is 11.2. The molecule has 1 atom stereocenters. The molecular weight excluding hydrogens is 473 g/mol. The third kappa shape index (κ3) is 6.42. The molecule has 183 valence electrons. The zero-order valence-electron chi connectivity index (χ0n) is 21.6. The van der Waals surface area contributed by atoms with Gasteiger partial charge in [-0.3, -0.25) is 9.78 Å². The Kier molecular flexibility index (Phi) is 9.04. The number of carbonyl (C=O) groups excluding carboxylic acids is 1. The van der Waals surface area contributed by atoms with Crippen molar-refractivity contribution in [3.63, 3.8) is 0 Å². The summed E-state index contributed by atoms with van der Waals surface area (Å²) in [5.41, 5.74) is 6.06. The van der Waals surface area contributed by atoms with E-state index in [2.05, 4.69) is 36.4 Å². The molecule has 0 amide bonds. The van der Waals surface area contributed by atoms with E-state index >= 15 is 0 Å². The molecule has 1 aliphatic carbocycles. The summed E-state index contributed by atoms with van der Waals surface area (Å²) >= 11 is 0. The number of aryl methyl sites for hydroxylation is 1. The fourth-order valence-electron chi connectivity index (χ4n) is 4.69. The van der Waals surface area contributed by atoms with Gasteiger partial charge in [-0.2, -0.15) is 0 Å². The molecule has 0 saturated carbocycles. The number of carbonyl (C=O) groups is 1. The Labute approximate surface area is 239 Å². The summed E-state index contributed by atoms with van der Waals surface area (Å²) in [6.45, 7) is 3.25. The Morgan fingerprint density at radius 1 is 1.00 bits per heavy atom. The Hall–Kier alpha value is -3.12. The van der Waals surface area contributed by atoms with Gasteiger partial charge < -0.3 is 4.42 Å². The van der Waals surface area contributed by atoms with Crippen molar-refractivity contribution in [1.82, 2.24) is 4.98 Å². The topological polar surface area (TPSA) is 61.6 Å². The SMILES string of the molecule is CC(=O)OOc1cc(CC2CCCC=C2c2nc(-c3ccccc3)c(-c3ccccc3)o2)ccc1C.[Na].